The number of hydrogen-bond acceptors (Lipinski definition) is 1. The molecule has 1 fully saturated rings. The molecule has 0 spiro atoms. The first-order chi connectivity index (χ1) is 17.4. The molecule has 4 aromatic carbocycles. The molecule has 5 rings (SSSR count). The summed E-state index contributed by atoms with van der Waals surface area (Å²) < 4.78 is 0. The molecule has 4 aromatic rings. The SMILES string of the molecule is c1ccc(P(CN(CP(c2ccccc2)c2ccccc2)C2CCCCC2)c2ccccc2)cc1. The molecule has 0 saturated heterocycles. The Morgan fingerprint density at radius 2 is 0.771 bits per heavy atom. The highest BCUT2D eigenvalue weighted by Crippen LogP contribution is 2.42. The van der Waals surface area contributed by atoms with Crippen molar-refractivity contribution in [3.8, 4) is 0 Å². The van der Waals surface area contributed by atoms with E-state index >= 15 is 0 Å². The smallest absolute Gasteiger partial charge is 0.0272 e. The van der Waals surface area contributed by atoms with Crippen molar-refractivity contribution in [3.05, 3.63) is 121 Å². The second kappa shape index (κ2) is 12.6. The molecular weight excluding hydrogens is 460 g/mol. The molecule has 0 amide bonds. The lowest BCUT2D eigenvalue weighted by atomic mass is 9.95. The van der Waals surface area contributed by atoms with Crippen molar-refractivity contribution in [1.29, 1.82) is 0 Å². The maximum Gasteiger partial charge on any atom is 0.0272 e. The molecule has 0 bridgehead atoms. The van der Waals surface area contributed by atoms with Crippen LogP contribution in [-0.2, 0) is 0 Å². The zero-order valence-electron chi connectivity index (χ0n) is 20.4. The Kier molecular flexibility index (Phi) is 8.78. The zero-order valence-corrected chi connectivity index (χ0v) is 22.2. The lowest BCUT2D eigenvalue weighted by molar-refractivity contribution is 0.210. The van der Waals surface area contributed by atoms with Gasteiger partial charge in [-0.25, -0.2) is 0 Å². The predicted molar refractivity (Wildman–Crippen MR) is 157 cm³/mol. The van der Waals surface area contributed by atoms with Crippen molar-refractivity contribution in [1.82, 2.24) is 4.90 Å². The number of nitrogens with zero attached hydrogens (tertiary/aromatic N) is 1. The van der Waals surface area contributed by atoms with Gasteiger partial charge >= 0.3 is 0 Å². The Hall–Kier alpha value is -2.30. The van der Waals surface area contributed by atoms with Crippen LogP contribution >= 0.6 is 15.8 Å². The van der Waals surface area contributed by atoms with Gasteiger partial charge in [-0.15, -0.1) is 0 Å². The van der Waals surface area contributed by atoms with E-state index < -0.39 is 15.8 Å². The molecule has 1 aliphatic carbocycles. The molecule has 1 nitrogen and oxygen atoms in total. The van der Waals surface area contributed by atoms with Crippen LogP contribution in [0.1, 0.15) is 32.1 Å². The van der Waals surface area contributed by atoms with Crippen LogP contribution in [-0.4, -0.2) is 23.5 Å². The van der Waals surface area contributed by atoms with E-state index in [1.807, 2.05) is 0 Å². The molecule has 0 aliphatic heterocycles. The van der Waals surface area contributed by atoms with Crippen molar-refractivity contribution in [3.63, 3.8) is 0 Å². The van der Waals surface area contributed by atoms with E-state index in [9.17, 15) is 0 Å². The monoisotopic (exact) mass is 495 g/mol. The Morgan fingerprint density at radius 1 is 0.457 bits per heavy atom. The first-order valence-electron chi connectivity index (χ1n) is 12.9. The first kappa shape index (κ1) is 24.4. The van der Waals surface area contributed by atoms with Crippen LogP contribution in [0, 0.1) is 0 Å². The molecule has 0 radical (unpaired) electrons. The van der Waals surface area contributed by atoms with Crippen LogP contribution in [0.15, 0.2) is 121 Å². The summed E-state index contributed by atoms with van der Waals surface area (Å²) in [4.78, 5) is 2.90. The highest BCUT2D eigenvalue weighted by molar-refractivity contribution is 7.73. The van der Waals surface area contributed by atoms with Crippen molar-refractivity contribution < 1.29 is 0 Å². The van der Waals surface area contributed by atoms with Gasteiger partial charge in [0.2, 0.25) is 0 Å². The lowest BCUT2D eigenvalue weighted by Gasteiger charge is -2.39. The van der Waals surface area contributed by atoms with Crippen molar-refractivity contribution in [2.24, 2.45) is 0 Å². The van der Waals surface area contributed by atoms with E-state index in [0.29, 0.717) is 6.04 Å². The average molecular weight is 496 g/mol. The van der Waals surface area contributed by atoms with Crippen LogP contribution in [0.5, 0.6) is 0 Å². The van der Waals surface area contributed by atoms with Gasteiger partial charge in [-0.3, -0.25) is 4.90 Å². The molecule has 0 heterocycles. The van der Waals surface area contributed by atoms with E-state index in [4.69, 9.17) is 0 Å². The van der Waals surface area contributed by atoms with Crippen LogP contribution in [0.4, 0.5) is 0 Å². The predicted octanol–water partition coefficient (Wildman–Crippen LogP) is 6.80. The molecule has 35 heavy (non-hydrogen) atoms. The van der Waals surface area contributed by atoms with E-state index in [-0.39, 0.29) is 0 Å². The van der Waals surface area contributed by atoms with Gasteiger partial charge in [0.25, 0.3) is 0 Å². The van der Waals surface area contributed by atoms with Gasteiger partial charge in [-0.2, -0.15) is 0 Å². The van der Waals surface area contributed by atoms with Crippen molar-refractivity contribution in [2.75, 3.05) is 12.6 Å². The first-order valence-corrected chi connectivity index (χ1v) is 15.9. The zero-order chi connectivity index (χ0) is 23.7. The normalized spacial score (nSPS) is 14.6. The highest BCUT2D eigenvalue weighted by Gasteiger charge is 2.28. The summed E-state index contributed by atoms with van der Waals surface area (Å²) in [5, 5.41) is 5.94. The second-order valence-corrected chi connectivity index (χ2v) is 13.7. The van der Waals surface area contributed by atoms with Crippen LogP contribution in [0.2, 0.25) is 0 Å². The Balaban J connectivity index is 1.51. The van der Waals surface area contributed by atoms with E-state index in [1.54, 1.807) is 0 Å². The largest absolute Gasteiger partial charge is 0.291 e. The van der Waals surface area contributed by atoms with E-state index in [0.717, 1.165) is 12.6 Å². The molecule has 1 aliphatic rings. The minimum absolute atomic E-state index is 0.447. The minimum atomic E-state index is -0.447. The number of hydrogen-bond donors (Lipinski definition) is 0. The van der Waals surface area contributed by atoms with Crippen molar-refractivity contribution >= 4 is 37.1 Å². The topological polar surface area (TPSA) is 3.24 Å². The van der Waals surface area contributed by atoms with Crippen LogP contribution in [0.3, 0.4) is 0 Å². The Labute approximate surface area is 213 Å². The summed E-state index contributed by atoms with van der Waals surface area (Å²) in [6, 6.07) is 45.7. The van der Waals surface area contributed by atoms with Gasteiger partial charge < -0.3 is 0 Å². The maximum absolute atomic E-state index is 2.90. The fourth-order valence-electron chi connectivity index (χ4n) is 5.14. The molecule has 0 atom stereocenters. The molecule has 1 saturated carbocycles. The third-order valence-electron chi connectivity index (χ3n) is 7.01. The lowest BCUT2D eigenvalue weighted by Crippen LogP contribution is -2.40. The Bertz CT molecular complexity index is 965. The molecule has 0 N–H and O–H groups in total. The Morgan fingerprint density at radius 3 is 1.09 bits per heavy atom. The van der Waals surface area contributed by atoms with Crippen LogP contribution in [0.25, 0.3) is 0 Å². The third-order valence-corrected chi connectivity index (χ3v) is 12.0. The third kappa shape index (κ3) is 6.48. The molecule has 3 heteroatoms. The quantitative estimate of drug-likeness (QED) is 0.231. The fraction of sp³-hybridized carbons (Fsp3) is 0.250. The van der Waals surface area contributed by atoms with Gasteiger partial charge in [0.05, 0.1) is 0 Å². The van der Waals surface area contributed by atoms with Gasteiger partial charge in [-0.1, -0.05) is 141 Å². The molecule has 178 valence electrons. The van der Waals surface area contributed by atoms with Gasteiger partial charge in [0, 0.05) is 18.6 Å². The summed E-state index contributed by atoms with van der Waals surface area (Å²) in [6.45, 7) is 0. The van der Waals surface area contributed by atoms with E-state index in [2.05, 4.69) is 126 Å². The molecular formula is C32H35NP2. The van der Waals surface area contributed by atoms with E-state index in [1.165, 1.54) is 53.3 Å². The van der Waals surface area contributed by atoms with Gasteiger partial charge in [0.15, 0.2) is 0 Å². The van der Waals surface area contributed by atoms with Crippen LogP contribution < -0.4 is 21.2 Å². The average Bonchev–Trinajstić information content (AvgIpc) is 2.95. The summed E-state index contributed by atoms with van der Waals surface area (Å²) in [5.41, 5.74) is 0. The number of benzene rings is 4. The van der Waals surface area contributed by atoms with Gasteiger partial charge in [0.1, 0.15) is 0 Å². The summed E-state index contributed by atoms with van der Waals surface area (Å²) in [7, 11) is -0.894. The molecule has 0 aromatic heterocycles. The standard InChI is InChI=1S/C32H35NP2/c1-6-16-28(17-7-1)33(26-34(29-18-8-2-9-19-29)30-20-10-3-11-21-30)27-35(31-22-12-4-13-23-31)32-24-14-5-15-25-32/h2-5,8-15,18-25,28H,1,6-7,16-17,26-27H2. The highest BCUT2D eigenvalue weighted by atomic mass is 31.1. The van der Waals surface area contributed by atoms with Gasteiger partial charge in [-0.05, 0) is 49.9 Å². The molecule has 0 unspecified atom stereocenters. The maximum atomic E-state index is 2.90. The summed E-state index contributed by atoms with van der Waals surface area (Å²) in [6.07, 6.45) is 9.05. The summed E-state index contributed by atoms with van der Waals surface area (Å²) in [5.74, 6) is 0. The number of rotatable bonds is 9. The minimum Gasteiger partial charge on any atom is -0.291 e. The van der Waals surface area contributed by atoms with Crippen molar-refractivity contribution in [2.45, 2.75) is 38.1 Å². The summed E-state index contributed by atoms with van der Waals surface area (Å²) >= 11 is 0. The second-order valence-electron chi connectivity index (χ2n) is 9.36. The fourth-order valence-corrected chi connectivity index (χ4v) is 10.1.